The number of imidazole rings is 1. The van der Waals surface area contributed by atoms with Gasteiger partial charge < -0.3 is 18.8 Å². The van der Waals surface area contributed by atoms with Crippen LogP contribution in [0, 0.1) is 0 Å². The van der Waals surface area contributed by atoms with E-state index in [1.165, 1.54) is 12.5 Å². The van der Waals surface area contributed by atoms with Crippen molar-refractivity contribution in [3.8, 4) is 0 Å². The highest BCUT2D eigenvalue weighted by molar-refractivity contribution is 6.31. The summed E-state index contributed by atoms with van der Waals surface area (Å²) in [7, 11) is 0. The van der Waals surface area contributed by atoms with Gasteiger partial charge >= 0.3 is 11.9 Å². The topological polar surface area (TPSA) is 121 Å². The Kier molecular flexibility index (Phi) is 7.64. The molecule has 0 unspecified atom stereocenters. The predicted molar refractivity (Wildman–Crippen MR) is 138 cm³/mol. The van der Waals surface area contributed by atoms with Crippen molar-refractivity contribution >= 4 is 53.1 Å². The summed E-state index contributed by atoms with van der Waals surface area (Å²) in [4.78, 5) is 49.3. The van der Waals surface area contributed by atoms with E-state index in [1.54, 1.807) is 59.3 Å². The third-order valence-corrected chi connectivity index (χ3v) is 6.35. The van der Waals surface area contributed by atoms with E-state index in [0.29, 0.717) is 26.9 Å². The van der Waals surface area contributed by atoms with Crippen LogP contribution in [0.1, 0.15) is 45.5 Å². The highest BCUT2D eigenvalue weighted by atomic mass is 35.5. The molecule has 0 N–H and O–H groups in total. The normalized spacial score (nSPS) is 20.7. The summed E-state index contributed by atoms with van der Waals surface area (Å²) in [6.45, 7) is -0.163. The van der Waals surface area contributed by atoms with Crippen molar-refractivity contribution in [2.75, 3.05) is 6.61 Å². The summed E-state index contributed by atoms with van der Waals surface area (Å²) in [6, 6.07) is 12.6. The lowest BCUT2D eigenvalue weighted by Gasteiger charge is -2.19. The van der Waals surface area contributed by atoms with Gasteiger partial charge in [0.2, 0.25) is 0 Å². The zero-order valence-corrected chi connectivity index (χ0v) is 21.2. The number of nitrogens with zero attached hydrogens (tertiary/aromatic N) is 4. The molecule has 0 radical (unpaired) electrons. The lowest BCUT2D eigenvalue weighted by atomic mass is 10.1. The number of hydrogen-bond acceptors (Lipinski definition) is 8. The van der Waals surface area contributed by atoms with Gasteiger partial charge in [-0.2, -0.15) is 4.99 Å². The Bertz CT molecular complexity index is 1420. The van der Waals surface area contributed by atoms with Crippen LogP contribution < -0.4 is 0 Å². The van der Waals surface area contributed by atoms with E-state index in [1.807, 2.05) is 0 Å². The Morgan fingerprint density at radius 1 is 1.00 bits per heavy atom. The number of aromatic nitrogens is 2. The second-order valence-electron chi connectivity index (χ2n) is 8.47. The van der Waals surface area contributed by atoms with Crippen molar-refractivity contribution in [1.82, 2.24) is 9.55 Å². The Labute approximate surface area is 226 Å². The standard InChI is InChI=1S/C26H20Cl2N4O6/c27-17-5-1-15(2-6-17)25(34)36-13-21-20(38-26(35)16-3-7-18(28)8-4-16)11-23(37-21)32-12-19(30-14-32)24-29-10-9-22(33)31-24/h1-8,10,12,14,20-21,23H,9,11,13H2/t20-,21-,23-/m1/s1. The average molecular weight is 555 g/mol. The molecular weight excluding hydrogens is 535 g/mol. The first-order chi connectivity index (χ1) is 18.4. The fraction of sp³-hybridized carbons (Fsp3) is 0.231. The van der Waals surface area contributed by atoms with Gasteiger partial charge in [-0.25, -0.2) is 19.6 Å². The summed E-state index contributed by atoms with van der Waals surface area (Å²) < 4.78 is 19.0. The van der Waals surface area contributed by atoms with Crippen LogP contribution in [0.4, 0.5) is 0 Å². The number of aliphatic imine (C=N–C) groups is 2. The molecule has 2 aromatic carbocycles. The number of carbonyl (C=O) groups is 3. The van der Waals surface area contributed by atoms with Crippen LogP contribution in [0.5, 0.6) is 0 Å². The highest BCUT2D eigenvalue weighted by Crippen LogP contribution is 2.32. The largest absolute Gasteiger partial charge is 0.459 e. The first-order valence-corrected chi connectivity index (χ1v) is 12.3. The highest BCUT2D eigenvalue weighted by Gasteiger charge is 2.40. The molecule has 5 rings (SSSR count). The molecule has 0 bridgehead atoms. The van der Waals surface area contributed by atoms with E-state index in [9.17, 15) is 14.4 Å². The third-order valence-electron chi connectivity index (χ3n) is 5.85. The number of benzene rings is 2. The van der Waals surface area contributed by atoms with E-state index in [2.05, 4.69) is 15.0 Å². The zero-order chi connectivity index (χ0) is 26.6. The smallest absolute Gasteiger partial charge is 0.338 e. The van der Waals surface area contributed by atoms with Crippen LogP contribution in [0.15, 0.2) is 71.0 Å². The number of esters is 2. The second kappa shape index (κ2) is 11.3. The number of amidine groups is 1. The number of ether oxygens (including phenoxy) is 3. The molecule has 1 amide bonds. The zero-order valence-electron chi connectivity index (χ0n) is 19.7. The number of rotatable bonds is 7. The molecule has 3 heterocycles. The number of amides is 1. The quantitative estimate of drug-likeness (QED) is 0.399. The summed E-state index contributed by atoms with van der Waals surface area (Å²) in [6.07, 6.45) is 2.94. The van der Waals surface area contributed by atoms with Gasteiger partial charge in [0, 0.05) is 28.9 Å². The van der Waals surface area contributed by atoms with Crippen molar-refractivity contribution < 1.29 is 28.6 Å². The Balaban J connectivity index is 1.31. The lowest BCUT2D eigenvalue weighted by molar-refractivity contribution is -0.116. The molecule has 3 atom stereocenters. The molecule has 0 spiro atoms. The Hall–Kier alpha value is -3.86. The van der Waals surface area contributed by atoms with Gasteiger partial charge in [0.1, 0.15) is 30.7 Å². The van der Waals surface area contributed by atoms with Crippen molar-refractivity contribution in [2.24, 2.45) is 9.98 Å². The first kappa shape index (κ1) is 25.8. The minimum Gasteiger partial charge on any atom is -0.459 e. The van der Waals surface area contributed by atoms with Crippen LogP contribution in [-0.4, -0.2) is 58.3 Å². The number of halogens is 2. The molecule has 1 aromatic heterocycles. The fourth-order valence-corrected chi connectivity index (χ4v) is 4.16. The molecule has 0 saturated carbocycles. The molecule has 10 nitrogen and oxygen atoms in total. The van der Waals surface area contributed by atoms with Crippen molar-refractivity contribution in [2.45, 2.75) is 31.3 Å². The maximum absolute atomic E-state index is 12.8. The Morgan fingerprint density at radius 3 is 2.32 bits per heavy atom. The average Bonchev–Trinajstić information content (AvgIpc) is 3.56. The Morgan fingerprint density at radius 2 is 1.66 bits per heavy atom. The molecule has 2 aliphatic rings. The van der Waals surface area contributed by atoms with Crippen LogP contribution in [-0.2, 0) is 19.0 Å². The van der Waals surface area contributed by atoms with Crippen LogP contribution in [0.25, 0.3) is 0 Å². The molecule has 194 valence electrons. The van der Waals surface area contributed by atoms with E-state index in [4.69, 9.17) is 37.4 Å². The summed E-state index contributed by atoms with van der Waals surface area (Å²) in [5.41, 5.74) is 1.03. The summed E-state index contributed by atoms with van der Waals surface area (Å²) in [5, 5.41) is 0.981. The molecular formula is C26H20Cl2N4O6. The molecule has 12 heteroatoms. The number of hydrogen-bond donors (Lipinski definition) is 0. The second-order valence-corrected chi connectivity index (χ2v) is 9.34. The molecule has 1 saturated heterocycles. The van der Waals surface area contributed by atoms with Gasteiger partial charge in [0.25, 0.3) is 5.91 Å². The molecule has 38 heavy (non-hydrogen) atoms. The van der Waals surface area contributed by atoms with Gasteiger partial charge in [0.05, 0.1) is 23.9 Å². The SMILES string of the molecule is O=C1CC=NC(c2cn([C@H]3C[C@@H](OC(=O)c4ccc(Cl)cc4)[C@@H](COC(=O)c4ccc(Cl)cc4)O3)cn2)=N1. The minimum absolute atomic E-state index is 0.146. The van der Waals surface area contributed by atoms with Crippen molar-refractivity contribution in [3.63, 3.8) is 0 Å². The van der Waals surface area contributed by atoms with Crippen LogP contribution >= 0.6 is 23.2 Å². The van der Waals surface area contributed by atoms with Crippen molar-refractivity contribution in [3.05, 3.63) is 87.9 Å². The van der Waals surface area contributed by atoms with Crippen LogP contribution in [0.3, 0.4) is 0 Å². The maximum Gasteiger partial charge on any atom is 0.338 e. The monoisotopic (exact) mass is 554 g/mol. The van der Waals surface area contributed by atoms with Gasteiger partial charge in [-0.05, 0) is 48.5 Å². The molecule has 3 aromatic rings. The van der Waals surface area contributed by atoms with Crippen molar-refractivity contribution in [1.29, 1.82) is 0 Å². The van der Waals surface area contributed by atoms with Gasteiger partial charge in [-0.15, -0.1) is 0 Å². The van der Waals surface area contributed by atoms with E-state index >= 15 is 0 Å². The van der Waals surface area contributed by atoms with Gasteiger partial charge in [0.15, 0.2) is 5.84 Å². The predicted octanol–water partition coefficient (Wildman–Crippen LogP) is 4.31. The summed E-state index contributed by atoms with van der Waals surface area (Å²) in [5.74, 6) is -1.24. The fourth-order valence-electron chi connectivity index (χ4n) is 3.91. The van der Waals surface area contributed by atoms with E-state index < -0.39 is 30.4 Å². The molecule has 1 fully saturated rings. The molecule has 2 aliphatic heterocycles. The van der Waals surface area contributed by atoms with Gasteiger partial charge in [-0.3, -0.25) is 4.79 Å². The minimum atomic E-state index is -0.759. The maximum atomic E-state index is 12.8. The van der Waals surface area contributed by atoms with Gasteiger partial charge in [-0.1, -0.05) is 23.2 Å². The molecule has 0 aliphatic carbocycles. The van der Waals surface area contributed by atoms with E-state index in [-0.39, 0.29) is 31.2 Å². The van der Waals surface area contributed by atoms with E-state index in [0.717, 1.165) is 0 Å². The summed E-state index contributed by atoms with van der Waals surface area (Å²) >= 11 is 11.8. The third kappa shape index (κ3) is 5.99. The van der Waals surface area contributed by atoms with Crippen LogP contribution in [0.2, 0.25) is 10.0 Å². The number of carbonyl (C=O) groups excluding carboxylic acids is 3. The first-order valence-electron chi connectivity index (χ1n) is 11.6. The lowest BCUT2D eigenvalue weighted by Crippen LogP contribution is -2.32.